The van der Waals surface area contributed by atoms with Gasteiger partial charge in [0.25, 0.3) is 0 Å². The topological polar surface area (TPSA) is 0 Å². The third-order valence-corrected chi connectivity index (χ3v) is 4.26. The van der Waals surface area contributed by atoms with Gasteiger partial charge in [-0.25, -0.2) is 0 Å². The van der Waals surface area contributed by atoms with Gasteiger partial charge in [-0.15, -0.1) is 0 Å². The Hall–Kier alpha value is -2.08. The van der Waals surface area contributed by atoms with Gasteiger partial charge in [-0.05, 0) is 28.7 Å². The van der Waals surface area contributed by atoms with Crippen LogP contribution >= 0.6 is 0 Å². The molecule has 0 aliphatic carbocycles. The molecular weight excluding hydrogens is 240 g/mol. The number of hydrogen-bond acceptors (Lipinski definition) is 0. The predicted molar refractivity (Wildman–Crippen MR) is 89.8 cm³/mol. The van der Waals surface area contributed by atoms with E-state index in [-0.39, 0.29) is 5.41 Å². The first kappa shape index (κ1) is 14.3. The van der Waals surface area contributed by atoms with Gasteiger partial charge in [0.1, 0.15) is 0 Å². The fraction of sp³-hybridized carbons (Fsp3) is 0.200. The van der Waals surface area contributed by atoms with Crippen LogP contribution in [0, 0.1) is 0 Å². The summed E-state index contributed by atoms with van der Waals surface area (Å²) in [6, 6.07) is 17.0. The summed E-state index contributed by atoms with van der Waals surface area (Å²) >= 11 is 0. The molecule has 2 aromatic rings. The number of hydrogen-bond donors (Lipinski definition) is 0. The summed E-state index contributed by atoms with van der Waals surface area (Å²) in [6.07, 6.45) is 4.92. The zero-order valence-corrected chi connectivity index (χ0v) is 12.4. The fourth-order valence-corrected chi connectivity index (χ4v) is 2.88. The molecule has 2 rings (SSSR count). The van der Waals surface area contributed by atoms with Crippen molar-refractivity contribution in [1.29, 1.82) is 0 Å². The van der Waals surface area contributed by atoms with Gasteiger partial charge >= 0.3 is 0 Å². The summed E-state index contributed by atoms with van der Waals surface area (Å²) in [5.74, 6) is 0. The molecule has 0 aliphatic rings. The fourth-order valence-electron chi connectivity index (χ4n) is 2.88. The number of rotatable bonds is 5. The van der Waals surface area contributed by atoms with Crippen molar-refractivity contribution in [2.45, 2.75) is 25.7 Å². The van der Waals surface area contributed by atoms with Gasteiger partial charge < -0.3 is 0 Å². The maximum atomic E-state index is 3.96. The Morgan fingerprint density at radius 3 is 1.60 bits per heavy atom. The standard InChI is InChI=1S/C20H22/c1-5-16-12-8-10-14-18(16)20(4,7-3)19-15-11-9-13-17(19)6-2/h5-6,8-15H,1-2,7H2,3-4H3. The summed E-state index contributed by atoms with van der Waals surface area (Å²) in [5, 5.41) is 0. The highest BCUT2D eigenvalue weighted by Gasteiger charge is 2.29. The quantitative estimate of drug-likeness (QED) is 0.649. The molecule has 0 heterocycles. The molecule has 0 spiro atoms. The third-order valence-electron chi connectivity index (χ3n) is 4.26. The Balaban J connectivity index is 2.70. The molecule has 0 amide bonds. The average molecular weight is 262 g/mol. The number of benzene rings is 2. The molecular formula is C20H22. The molecule has 0 N–H and O–H groups in total. The van der Waals surface area contributed by atoms with E-state index in [1.165, 1.54) is 22.3 Å². The highest BCUT2D eigenvalue weighted by Crippen LogP contribution is 2.39. The molecule has 0 saturated heterocycles. The second-order valence-corrected chi connectivity index (χ2v) is 5.27. The summed E-state index contributed by atoms with van der Waals surface area (Å²) in [7, 11) is 0. The van der Waals surface area contributed by atoms with Crippen LogP contribution in [0.4, 0.5) is 0 Å². The van der Waals surface area contributed by atoms with E-state index >= 15 is 0 Å². The van der Waals surface area contributed by atoms with Crippen molar-refractivity contribution in [3.63, 3.8) is 0 Å². The Morgan fingerprint density at radius 2 is 1.25 bits per heavy atom. The van der Waals surface area contributed by atoms with E-state index in [0.29, 0.717) is 0 Å². The van der Waals surface area contributed by atoms with Crippen molar-refractivity contribution < 1.29 is 0 Å². The average Bonchev–Trinajstić information content (AvgIpc) is 2.54. The molecule has 2 aromatic carbocycles. The van der Waals surface area contributed by atoms with Crippen LogP contribution in [0.1, 0.15) is 42.5 Å². The van der Waals surface area contributed by atoms with Crippen LogP contribution in [-0.4, -0.2) is 0 Å². The molecule has 0 radical (unpaired) electrons. The van der Waals surface area contributed by atoms with Crippen molar-refractivity contribution in [2.75, 3.05) is 0 Å². The normalized spacial score (nSPS) is 11.1. The maximum absolute atomic E-state index is 3.96. The Bertz CT molecular complexity index is 568. The minimum atomic E-state index is -0.0322. The molecule has 102 valence electrons. The zero-order chi connectivity index (χ0) is 14.6. The van der Waals surface area contributed by atoms with Gasteiger partial charge in [0.05, 0.1) is 0 Å². The van der Waals surface area contributed by atoms with Crippen LogP contribution in [-0.2, 0) is 5.41 Å². The predicted octanol–water partition coefficient (Wildman–Crippen LogP) is 5.69. The summed E-state index contributed by atoms with van der Waals surface area (Å²) in [4.78, 5) is 0. The van der Waals surface area contributed by atoms with Crippen molar-refractivity contribution in [2.24, 2.45) is 0 Å². The monoisotopic (exact) mass is 262 g/mol. The van der Waals surface area contributed by atoms with Gasteiger partial charge in [-0.1, -0.05) is 87.7 Å². The van der Waals surface area contributed by atoms with E-state index in [4.69, 9.17) is 0 Å². The summed E-state index contributed by atoms with van der Waals surface area (Å²) < 4.78 is 0. The van der Waals surface area contributed by atoms with E-state index in [2.05, 4.69) is 75.5 Å². The van der Waals surface area contributed by atoms with E-state index in [0.717, 1.165) is 6.42 Å². The van der Waals surface area contributed by atoms with E-state index < -0.39 is 0 Å². The first-order valence-electron chi connectivity index (χ1n) is 7.11. The van der Waals surface area contributed by atoms with Crippen molar-refractivity contribution in [3.05, 3.63) is 83.9 Å². The maximum Gasteiger partial charge on any atom is 0.0183 e. The zero-order valence-electron chi connectivity index (χ0n) is 12.4. The summed E-state index contributed by atoms with van der Waals surface area (Å²) in [5.41, 5.74) is 5.03. The van der Waals surface area contributed by atoms with Gasteiger partial charge in [0.2, 0.25) is 0 Å². The van der Waals surface area contributed by atoms with E-state index in [9.17, 15) is 0 Å². The van der Waals surface area contributed by atoms with Crippen LogP contribution in [0.3, 0.4) is 0 Å². The highest BCUT2D eigenvalue weighted by atomic mass is 14.3. The van der Waals surface area contributed by atoms with Crippen molar-refractivity contribution in [3.8, 4) is 0 Å². The molecule has 0 saturated carbocycles. The van der Waals surface area contributed by atoms with Crippen LogP contribution in [0.2, 0.25) is 0 Å². The SMILES string of the molecule is C=Cc1ccccc1C(C)(CC)c1ccccc1C=C. The van der Waals surface area contributed by atoms with Gasteiger partial charge in [0, 0.05) is 5.41 Å². The van der Waals surface area contributed by atoms with Crippen LogP contribution in [0.5, 0.6) is 0 Å². The molecule has 0 fully saturated rings. The van der Waals surface area contributed by atoms with Crippen LogP contribution in [0.15, 0.2) is 61.7 Å². The van der Waals surface area contributed by atoms with Gasteiger partial charge in [-0.3, -0.25) is 0 Å². The molecule has 0 heteroatoms. The Morgan fingerprint density at radius 1 is 0.850 bits per heavy atom. The molecule has 0 aromatic heterocycles. The molecule has 0 aliphatic heterocycles. The van der Waals surface area contributed by atoms with Gasteiger partial charge in [-0.2, -0.15) is 0 Å². The third kappa shape index (κ3) is 2.34. The van der Waals surface area contributed by atoms with E-state index in [1.807, 2.05) is 12.2 Å². The van der Waals surface area contributed by atoms with Crippen LogP contribution in [0.25, 0.3) is 12.2 Å². The first-order valence-corrected chi connectivity index (χ1v) is 7.11. The Labute approximate surface area is 122 Å². The summed E-state index contributed by atoms with van der Waals surface area (Å²) in [6.45, 7) is 12.5. The highest BCUT2D eigenvalue weighted by molar-refractivity contribution is 5.61. The smallest absolute Gasteiger partial charge is 0.0183 e. The lowest BCUT2D eigenvalue weighted by atomic mass is 9.71. The van der Waals surface area contributed by atoms with Crippen molar-refractivity contribution >= 4 is 12.2 Å². The lowest BCUT2D eigenvalue weighted by Crippen LogP contribution is -2.24. The molecule has 0 nitrogen and oxygen atoms in total. The minimum Gasteiger partial charge on any atom is -0.0985 e. The van der Waals surface area contributed by atoms with Crippen molar-refractivity contribution in [1.82, 2.24) is 0 Å². The van der Waals surface area contributed by atoms with Gasteiger partial charge in [0.15, 0.2) is 0 Å². The molecule has 0 unspecified atom stereocenters. The molecule has 0 atom stereocenters. The molecule has 0 bridgehead atoms. The first-order chi connectivity index (χ1) is 9.67. The Kier molecular flexibility index (Phi) is 4.24. The lowest BCUT2D eigenvalue weighted by Gasteiger charge is -2.32. The largest absolute Gasteiger partial charge is 0.0985 e. The van der Waals surface area contributed by atoms with E-state index in [1.54, 1.807) is 0 Å². The lowest BCUT2D eigenvalue weighted by molar-refractivity contribution is 0.548. The second kappa shape index (κ2) is 5.92. The second-order valence-electron chi connectivity index (χ2n) is 5.27. The molecule has 20 heavy (non-hydrogen) atoms. The minimum absolute atomic E-state index is 0.0322. The van der Waals surface area contributed by atoms with Crippen LogP contribution < -0.4 is 0 Å².